The van der Waals surface area contributed by atoms with Gasteiger partial charge in [0.05, 0.1) is 7.11 Å². The van der Waals surface area contributed by atoms with Crippen LogP contribution in [0.25, 0.3) is 0 Å². The zero-order chi connectivity index (χ0) is 7.56. The molecule has 0 saturated carbocycles. The minimum absolute atomic E-state index is 0.605. The summed E-state index contributed by atoms with van der Waals surface area (Å²) in [5.74, 6) is 0. The van der Waals surface area contributed by atoms with Gasteiger partial charge in [-0.1, -0.05) is 6.42 Å². The standard InChI is InChI=1S/C8H17NO/c1-7-5-4-6-8(2)9(7)10-3/h7-8H,4-6H2,1-3H3. The summed E-state index contributed by atoms with van der Waals surface area (Å²) in [6.07, 6.45) is 3.90. The van der Waals surface area contributed by atoms with E-state index in [0.29, 0.717) is 12.1 Å². The quantitative estimate of drug-likeness (QED) is 0.555. The number of rotatable bonds is 1. The Hall–Kier alpha value is -0.0800. The van der Waals surface area contributed by atoms with Crippen molar-refractivity contribution >= 4 is 0 Å². The second-order valence-corrected chi connectivity index (χ2v) is 3.17. The molecule has 0 spiro atoms. The summed E-state index contributed by atoms with van der Waals surface area (Å²) >= 11 is 0. The van der Waals surface area contributed by atoms with Crippen molar-refractivity contribution < 1.29 is 4.84 Å². The molecule has 0 amide bonds. The lowest BCUT2D eigenvalue weighted by atomic mass is 10.0. The first kappa shape index (κ1) is 8.02. The number of hydrogen-bond donors (Lipinski definition) is 0. The molecule has 2 unspecified atom stereocenters. The minimum atomic E-state index is 0.605. The van der Waals surface area contributed by atoms with Crippen molar-refractivity contribution in [3.8, 4) is 0 Å². The van der Waals surface area contributed by atoms with E-state index in [-0.39, 0.29) is 0 Å². The van der Waals surface area contributed by atoms with Crippen LogP contribution in [0.4, 0.5) is 0 Å². The predicted octanol–water partition coefficient (Wildman–Crippen LogP) is 1.81. The zero-order valence-corrected chi connectivity index (χ0v) is 7.13. The van der Waals surface area contributed by atoms with E-state index in [1.54, 1.807) is 7.11 Å². The lowest BCUT2D eigenvalue weighted by Gasteiger charge is -2.36. The maximum Gasteiger partial charge on any atom is 0.0575 e. The smallest absolute Gasteiger partial charge is 0.0575 e. The van der Waals surface area contributed by atoms with E-state index in [1.165, 1.54) is 19.3 Å². The fourth-order valence-corrected chi connectivity index (χ4v) is 1.76. The summed E-state index contributed by atoms with van der Waals surface area (Å²) in [7, 11) is 1.76. The van der Waals surface area contributed by atoms with Crippen LogP contribution >= 0.6 is 0 Å². The normalized spacial score (nSPS) is 36.3. The van der Waals surface area contributed by atoms with Crippen LogP contribution in [0.2, 0.25) is 0 Å². The molecule has 1 heterocycles. The monoisotopic (exact) mass is 143 g/mol. The van der Waals surface area contributed by atoms with Gasteiger partial charge in [0.2, 0.25) is 0 Å². The summed E-state index contributed by atoms with van der Waals surface area (Å²) in [4.78, 5) is 5.25. The molecule has 1 saturated heterocycles. The van der Waals surface area contributed by atoms with E-state index in [2.05, 4.69) is 18.9 Å². The average molecular weight is 143 g/mol. The highest BCUT2D eigenvalue weighted by Crippen LogP contribution is 2.21. The highest BCUT2D eigenvalue weighted by molar-refractivity contribution is 4.73. The second-order valence-electron chi connectivity index (χ2n) is 3.17. The number of nitrogens with zero attached hydrogens (tertiary/aromatic N) is 1. The molecule has 10 heavy (non-hydrogen) atoms. The van der Waals surface area contributed by atoms with E-state index < -0.39 is 0 Å². The van der Waals surface area contributed by atoms with Gasteiger partial charge in [-0.15, -0.1) is 0 Å². The van der Waals surface area contributed by atoms with Gasteiger partial charge in [0, 0.05) is 12.1 Å². The van der Waals surface area contributed by atoms with Gasteiger partial charge >= 0.3 is 0 Å². The molecule has 0 aromatic rings. The fraction of sp³-hybridized carbons (Fsp3) is 1.00. The number of hydrogen-bond acceptors (Lipinski definition) is 2. The van der Waals surface area contributed by atoms with Crippen molar-refractivity contribution in [1.82, 2.24) is 5.06 Å². The van der Waals surface area contributed by atoms with E-state index in [9.17, 15) is 0 Å². The predicted molar refractivity (Wildman–Crippen MR) is 41.6 cm³/mol. The fourth-order valence-electron chi connectivity index (χ4n) is 1.76. The molecular formula is C8H17NO. The molecule has 2 heteroatoms. The molecule has 1 aliphatic heterocycles. The Labute approximate surface area is 63.1 Å². The molecule has 0 bridgehead atoms. The van der Waals surface area contributed by atoms with E-state index in [1.807, 2.05) is 0 Å². The summed E-state index contributed by atoms with van der Waals surface area (Å²) in [6.45, 7) is 4.44. The molecule has 60 valence electrons. The van der Waals surface area contributed by atoms with Crippen LogP contribution in [0, 0.1) is 0 Å². The first-order chi connectivity index (χ1) is 4.75. The average Bonchev–Trinajstić information content (AvgIpc) is 1.88. The Balaban J connectivity index is 2.45. The summed E-state index contributed by atoms with van der Waals surface area (Å²) in [6, 6.07) is 1.21. The Morgan fingerprint density at radius 3 is 2.00 bits per heavy atom. The van der Waals surface area contributed by atoms with Gasteiger partial charge in [-0.2, -0.15) is 5.06 Å². The third-order valence-corrected chi connectivity index (χ3v) is 2.32. The Morgan fingerprint density at radius 2 is 1.70 bits per heavy atom. The second kappa shape index (κ2) is 3.35. The lowest BCUT2D eigenvalue weighted by molar-refractivity contribution is -0.196. The Kier molecular flexibility index (Phi) is 2.69. The van der Waals surface area contributed by atoms with Crippen molar-refractivity contribution in [2.24, 2.45) is 0 Å². The van der Waals surface area contributed by atoms with Crippen molar-refractivity contribution in [2.75, 3.05) is 7.11 Å². The maximum absolute atomic E-state index is 5.25. The highest BCUT2D eigenvalue weighted by Gasteiger charge is 2.23. The third-order valence-electron chi connectivity index (χ3n) is 2.32. The summed E-state index contributed by atoms with van der Waals surface area (Å²) in [5.41, 5.74) is 0. The first-order valence-electron chi connectivity index (χ1n) is 4.08. The van der Waals surface area contributed by atoms with Gasteiger partial charge in [0.1, 0.15) is 0 Å². The van der Waals surface area contributed by atoms with Gasteiger partial charge in [-0.25, -0.2) is 0 Å². The Bertz CT molecular complexity index is 95.4. The highest BCUT2D eigenvalue weighted by atomic mass is 16.7. The van der Waals surface area contributed by atoms with Crippen LogP contribution in [-0.2, 0) is 4.84 Å². The van der Waals surface area contributed by atoms with Crippen molar-refractivity contribution in [3.63, 3.8) is 0 Å². The van der Waals surface area contributed by atoms with Crippen molar-refractivity contribution in [1.29, 1.82) is 0 Å². The Morgan fingerprint density at radius 1 is 1.20 bits per heavy atom. The van der Waals surface area contributed by atoms with Crippen molar-refractivity contribution in [3.05, 3.63) is 0 Å². The van der Waals surface area contributed by atoms with E-state index >= 15 is 0 Å². The summed E-state index contributed by atoms with van der Waals surface area (Å²) in [5, 5.41) is 2.10. The van der Waals surface area contributed by atoms with E-state index in [0.717, 1.165) is 0 Å². The minimum Gasteiger partial charge on any atom is -0.302 e. The van der Waals surface area contributed by atoms with Crippen LogP contribution in [-0.4, -0.2) is 24.3 Å². The topological polar surface area (TPSA) is 12.5 Å². The first-order valence-corrected chi connectivity index (χ1v) is 4.08. The van der Waals surface area contributed by atoms with Gasteiger partial charge in [0.25, 0.3) is 0 Å². The third kappa shape index (κ3) is 1.50. The number of hydroxylamine groups is 2. The SMILES string of the molecule is CON1C(C)CCCC1C. The zero-order valence-electron chi connectivity index (χ0n) is 7.13. The van der Waals surface area contributed by atoms with Gasteiger partial charge in [-0.05, 0) is 26.7 Å². The molecule has 1 rings (SSSR count). The van der Waals surface area contributed by atoms with Crippen LogP contribution in [0.3, 0.4) is 0 Å². The number of piperidine rings is 1. The molecule has 0 N–H and O–H groups in total. The maximum atomic E-state index is 5.25. The van der Waals surface area contributed by atoms with Crippen LogP contribution < -0.4 is 0 Å². The molecule has 0 aromatic carbocycles. The molecular weight excluding hydrogens is 126 g/mol. The van der Waals surface area contributed by atoms with Gasteiger partial charge < -0.3 is 4.84 Å². The molecule has 0 aromatic heterocycles. The molecule has 1 fully saturated rings. The molecule has 0 radical (unpaired) electrons. The van der Waals surface area contributed by atoms with Crippen LogP contribution in [0.1, 0.15) is 33.1 Å². The van der Waals surface area contributed by atoms with Crippen LogP contribution in [0.5, 0.6) is 0 Å². The van der Waals surface area contributed by atoms with Crippen LogP contribution in [0.15, 0.2) is 0 Å². The molecule has 2 atom stereocenters. The molecule has 0 aliphatic carbocycles. The van der Waals surface area contributed by atoms with Crippen molar-refractivity contribution in [2.45, 2.75) is 45.2 Å². The molecule has 1 aliphatic rings. The van der Waals surface area contributed by atoms with Gasteiger partial charge in [0.15, 0.2) is 0 Å². The lowest BCUT2D eigenvalue weighted by Crippen LogP contribution is -2.42. The van der Waals surface area contributed by atoms with Gasteiger partial charge in [-0.3, -0.25) is 0 Å². The largest absolute Gasteiger partial charge is 0.302 e. The summed E-state index contributed by atoms with van der Waals surface area (Å²) < 4.78 is 0. The molecule has 2 nitrogen and oxygen atoms in total. The van der Waals surface area contributed by atoms with E-state index in [4.69, 9.17) is 4.84 Å².